The Hall–Kier alpha value is -1.92. The molecule has 5 nitrogen and oxygen atoms in total. The maximum Gasteiger partial charge on any atom is 0.331 e. The molecule has 0 spiro atoms. The summed E-state index contributed by atoms with van der Waals surface area (Å²) >= 11 is 1.33. The van der Waals surface area contributed by atoms with Crippen LogP contribution in [0.5, 0.6) is 0 Å². The van der Waals surface area contributed by atoms with Crippen molar-refractivity contribution in [3.05, 3.63) is 53.9 Å². The molecule has 0 amide bonds. The Morgan fingerprint density at radius 3 is 2.48 bits per heavy atom. The number of benzene rings is 1. The van der Waals surface area contributed by atoms with Crippen LogP contribution in [0, 0.1) is 6.92 Å². The molecule has 21 heavy (non-hydrogen) atoms. The minimum Gasteiger partial charge on any atom is -0.467 e. The Morgan fingerprint density at radius 2 is 1.90 bits per heavy atom. The summed E-state index contributed by atoms with van der Waals surface area (Å²) in [5, 5.41) is 0.579. The van der Waals surface area contributed by atoms with E-state index in [1.807, 2.05) is 37.3 Å². The molecule has 1 atom stereocenters. The second-order valence-electron chi connectivity index (χ2n) is 4.66. The molecule has 6 heteroatoms. The predicted octanol–water partition coefficient (Wildman–Crippen LogP) is 1.90. The van der Waals surface area contributed by atoms with Gasteiger partial charge in [0, 0.05) is 18.1 Å². The van der Waals surface area contributed by atoms with Crippen molar-refractivity contribution in [2.75, 3.05) is 12.9 Å². The summed E-state index contributed by atoms with van der Waals surface area (Å²) in [5.74, 6) is -0.180. The molecular weight excluding hydrogens is 286 g/mol. The summed E-state index contributed by atoms with van der Waals surface area (Å²) in [6.45, 7) is 1.92. The number of rotatable bonds is 5. The van der Waals surface area contributed by atoms with E-state index in [1.165, 1.54) is 18.9 Å². The third-order valence-electron chi connectivity index (χ3n) is 3.02. The molecule has 0 saturated heterocycles. The van der Waals surface area contributed by atoms with Crippen LogP contribution in [0.3, 0.4) is 0 Å². The SMILES string of the molecule is COC(=O)C(N)(CSc1ncc(C)cn1)c1ccccc1. The number of aromatic nitrogens is 2. The van der Waals surface area contributed by atoms with Gasteiger partial charge in [-0.25, -0.2) is 14.8 Å². The zero-order valence-corrected chi connectivity index (χ0v) is 12.8. The minimum absolute atomic E-state index is 0.298. The molecule has 1 aromatic carbocycles. The Balaban J connectivity index is 2.21. The van der Waals surface area contributed by atoms with Gasteiger partial charge in [0.2, 0.25) is 0 Å². The van der Waals surface area contributed by atoms with Crippen molar-refractivity contribution in [2.45, 2.75) is 17.6 Å². The number of hydrogen-bond acceptors (Lipinski definition) is 6. The van der Waals surface area contributed by atoms with Crippen molar-refractivity contribution in [3.8, 4) is 0 Å². The van der Waals surface area contributed by atoms with Gasteiger partial charge in [0.1, 0.15) is 5.54 Å². The smallest absolute Gasteiger partial charge is 0.331 e. The second kappa shape index (κ2) is 6.69. The van der Waals surface area contributed by atoms with Crippen molar-refractivity contribution in [1.82, 2.24) is 9.97 Å². The van der Waals surface area contributed by atoms with Crippen LogP contribution in [0.1, 0.15) is 11.1 Å². The maximum atomic E-state index is 12.1. The average Bonchev–Trinajstić information content (AvgIpc) is 2.54. The molecule has 0 aliphatic heterocycles. The molecule has 1 aromatic heterocycles. The highest BCUT2D eigenvalue weighted by molar-refractivity contribution is 7.99. The number of nitrogens with two attached hydrogens (primary N) is 1. The molecule has 0 aliphatic carbocycles. The van der Waals surface area contributed by atoms with Gasteiger partial charge < -0.3 is 10.5 Å². The Bertz CT molecular complexity index is 604. The van der Waals surface area contributed by atoms with Crippen LogP contribution in [0.2, 0.25) is 0 Å². The van der Waals surface area contributed by atoms with Gasteiger partial charge in [-0.2, -0.15) is 0 Å². The lowest BCUT2D eigenvalue weighted by atomic mass is 9.93. The van der Waals surface area contributed by atoms with Gasteiger partial charge in [0.25, 0.3) is 0 Å². The normalized spacial score (nSPS) is 13.5. The van der Waals surface area contributed by atoms with E-state index in [0.717, 1.165) is 5.56 Å². The van der Waals surface area contributed by atoms with Crippen LogP contribution in [0.25, 0.3) is 0 Å². The lowest BCUT2D eigenvalue weighted by Gasteiger charge is -2.26. The molecule has 0 aliphatic rings. The molecule has 0 radical (unpaired) electrons. The zero-order chi connectivity index (χ0) is 15.3. The number of methoxy groups -OCH3 is 1. The molecule has 0 bridgehead atoms. The number of aryl methyl sites for hydroxylation is 1. The van der Waals surface area contributed by atoms with Crippen LogP contribution in [-0.2, 0) is 15.1 Å². The van der Waals surface area contributed by atoms with Gasteiger partial charge in [0.15, 0.2) is 5.16 Å². The number of carbonyl (C=O) groups is 1. The number of carbonyl (C=O) groups excluding carboxylic acids is 1. The quantitative estimate of drug-likeness (QED) is 0.516. The number of nitrogens with zero attached hydrogens (tertiary/aromatic N) is 2. The molecule has 2 rings (SSSR count). The number of esters is 1. The highest BCUT2D eigenvalue weighted by Crippen LogP contribution is 2.27. The van der Waals surface area contributed by atoms with E-state index in [1.54, 1.807) is 12.4 Å². The standard InChI is InChI=1S/C15H17N3O2S/c1-11-8-17-14(18-9-11)21-10-15(16,13(19)20-2)12-6-4-3-5-7-12/h3-9H,10,16H2,1-2H3. The third kappa shape index (κ3) is 3.59. The van der Waals surface area contributed by atoms with Crippen LogP contribution < -0.4 is 5.73 Å². The highest BCUT2D eigenvalue weighted by Gasteiger charge is 2.37. The first kappa shape index (κ1) is 15.5. The van der Waals surface area contributed by atoms with E-state index in [0.29, 0.717) is 16.5 Å². The molecule has 0 fully saturated rings. The molecular formula is C15H17N3O2S. The van der Waals surface area contributed by atoms with Crippen molar-refractivity contribution in [3.63, 3.8) is 0 Å². The van der Waals surface area contributed by atoms with Gasteiger partial charge in [-0.05, 0) is 18.1 Å². The van der Waals surface area contributed by atoms with Gasteiger partial charge in [0.05, 0.1) is 7.11 Å². The molecule has 2 N–H and O–H groups in total. The molecule has 0 saturated carbocycles. The Labute approximate surface area is 127 Å². The summed E-state index contributed by atoms with van der Waals surface area (Å²) in [5.41, 5.74) is 6.76. The maximum absolute atomic E-state index is 12.1. The van der Waals surface area contributed by atoms with E-state index in [-0.39, 0.29) is 0 Å². The summed E-state index contributed by atoms with van der Waals surface area (Å²) in [6.07, 6.45) is 3.46. The van der Waals surface area contributed by atoms with Crippen molar-refractivity contribution in [2.24, 2.45) is 5.73 Å². The topological polar surface area (TPSA) is 78.1 Å². The first-order chi connectivity index (χ1) is 10.1. The summed E-state index contributed by atoms with van der Waals surface area (Å²) in [4.78, 5) is 20.5. The van der Waals surface area contributed by atoms with E-state index < -0.39 is 11.5 Å². The van der Waals surface area contributed by atoms with E-state index >= 15 is 0 Å². The third-order valence-corrected chi connectivity index (χ3v) is 4.09. The van der Waals surface area contributed by atoms with Gasteiger partial charge in [-0.15, -0.1) is 0 Å². The predicted molar refractivity (Wildman–Crippen MR) is 81.8 cm³/mol. The first-order valence-corrected chi connectivity index (χ1v) is 7.39. The van der Waals surface area contributed by atoms with Crippen molar-refractivity contribution < 1.29 is 9.53 Å². The van der Waals surface area contributed by atoms with Gasteiger partial charge >= 0.3 is 5.97 Å². The average molecular weight is 303 g/mol. The van der Waals surface area contributed by atoms with E-state index in [2.05, 4.69) is 9.97 Å². The van der Waals surface area contributed by atoms with E-state index in [9.17, 15) is 4.79 Å². The minimum atomic E-state index is -1.23. The Kier molecular flexibility index (Phi) is 4.93. The van der Waals surface area contributed by atoms with Crippen LogP contribution in [0.4, 0.5) is 0 Å². The molecule has 2 aromatic rings. The van der Waals surface area contributed by atoms with Crippen LogP contribution in [-0.4, -0.2) is 28.8 Å². The van der Waals surface area contributed by atoms with Gasteiger partial charge in [-0.3, -0.25) is 0 Å². The lowest BCUT2D eigenvalue weighted by Crippen LogP contribution is -2.48. The molecule has 1 heterocycles. The summed E-state index contributed by atoms with van der Waals surface area (Å²) < 4.78 is 4.86. The fourth-order valence-corrected chi connectivity index (χ4v) is 2.71. The lowest BCUT2D eigenvalue weighted by molar-refractivity contribution is -0.146. The molecule has 1 unspecified atom stereocenters. The Morgan fingerprint density at radius 1 is 1.29 bits per heavy atom. The van der Waals surface area contributed by atoms with Crippen molar-refractivity contribution in [1.29, 1.82) is 0 Å². The van der Waals surface area contributed by atoms with E-state index in [4.69, 9.17) is 10.5 Å². The number of thioether (sulfide) groups is 1. The highest BCUT2D eigenvalue weighted by atomic mass is 32.2. The summed E-state index contributed by atoms with van der Waals surface area (Å²) in [7, 11) is 1.33. The zero-order valence-electron chi connectivity index (χ0n) is 11.9. The second-order valence-corrected chi connectivity index (χ2v) is 5.60. The first-order valence-electron chi connectivity index (χ1n) is 6.40. The fourth-order valence-electron chi connectivity index (χ4n) is 1.81. The number of ether oxygens (including phenoxy) is 1. The largest absolute Gasteiger partial charge is 0.467 e. The van der Waals surface area contributed by atoms with Gasteiger partial charge in [-0.1, -0.05) is 42.1 Å². The van der Waals surface area contributed by atoms with Crippen LogP contribution >= 0.6 is 11.8 Å². The number of hydrogen-bond donors (Lipinski definition) is 1. The summed E-state index contributed by atoms with van der Waals surface area (Å²) in [6, 6.07) is 9.18. The fraction of sp³-hybridized carbons (Fsp3) is 0.267. The molecule has 110 valence electrons. The monoisotopic (exact) mass is 303 g/mol. The van der Waals surface area contributed by atoms with Crippen molar-refractivity contribution >= 4 is 17.7 Å². The van der Waals surface area contributed by atoms with Crippen LogP contribution in [0.15, 0.2) is 47.9 Å².